The monoisotopic (exact) mass is 416 g/mol. The summed E-state index contributed by atoms with van der Waals surface area (Å²) in [5.41, 5.74) is 4.13. The number of hydrogen-bond acceptors (Lipinski definition) is 6. The van der Waals surface area contributed by atoms with E-state index in [9.17, 15) is 9.18 Å². The molecule has 146 valence electrons. The van der Waals surface area contributed by atoms with Gasteiger partial charge in [0, 0.05) is 5.69 Å². The average molecular weight is 417 g/mol. The molecule has 0 radical (unpaired) electrons. The normalized spacial score (nSPS) is 11.9. The van der Waals surface area contributed by atoms with Crippen molar-refractivity contribution in [3.8, 4) is 0 Å². The number of nitrogens with one attached hydrogen (secondary N) is 2. The van der Waals surface area contributed by atoms with Gasteiger partial charge in [-0.05, 0) is 55.7 Å². The van der Waals surface area contributed by atoms with Crippen molar-refractivity contribution in [3.05, 3.63) is 65.0 Å². The number of carbonyl (C=O) groups is 1. The van der Waals surface area contributed by atoms with E-state index in [2.05, 4.69) is 46.8 Å². The van der Waals surface area contributed by atoms with Crippen molar-refractivity contribution in [2.24, 2.45) is 0 Å². The van der Waals surface area contributed by atoms with E-state index in [4.69, 9.17) is 0 Å². The van der Waals surface area contributed by atoms with Crippen molar-refractivity contribution in [2.45, 2.75) is 31.2 Å². The van der Waals surface area contributed by atoms with E-state index in [1.165, 1.54) is 46.4 Å². The number of anilines is 2. The first kappa shape index (κ1) is 20.3. The van der Waals surface area contributed by atoms with Crippen LogP contribution in [0.15, 0.2) is 46.8 Å². The minimum atomic E-state index is -0.321. The highest BCUT2D eigenvalue weighted by Gasteiger charge is 2.12. The molecule has 0 saturated carbocycles. The summed E-state index contributed by atoms with van der Waals surface area (Å²) in [6.07, 6.45) is 0. The van der Waals surface area contributed by atoms with E-state index in [1.54, 1.807) is 12.1 Å². The van der Waals surface area contributed by atoms with Crippen LogP contribution in [0.5, 0.6) is 0 Å². The molecule has 28 heavy (non-hydrogen) atoms. The Morgan fingerprint density at radius 3 is 2.75 bits per heavy atom. The summed E-state index contributed by atoms with van der Waals surface area (Å²) in [7, 11) is 0. The third-order valence-corrected chi connectivity index (χ3v) is 6.19. The number of rotatable bonds is 7. The van der Waals surface area contributed by atoms with Crippen LogP contribution < -0.4 is 10.6 Å². The van der Waals surface area contributed by atoms with Crippen molar-refractivity contribution < 1.29 is 9.18 Å². The summed E-state index contributed by atoms with van der Waals surface area (Å²) in [4.78, 5) is 12.3. The molecule has 1 heterocycles. The summed E-state index contributed by atoms with van der Waals surface area (Å²) in [5.74, 6) is -0.131. The smallest absolute Gasteiger partial charge is 0.230 e. The zero-order valence-corrected chi connectivity index (χ0v) is 17.5. The molecule has 2 N–H and O–H groups in total. The molecule has 0 spiro atoms. The summed E-state index contributed by atoms with van der Waals surface area (Å²) >= 11 is 2.65. The maximum Gasteiger partial charge on any atom is 0.230 e. The lowest BCUT2D eigenvalue weighted by molar-refractivity contribution is -0.119. The minimum Gasteiger partial charge on any atom is -0.349 e. The molecule has 0 fully saturated rings. The van der Waals surface area contributed by atoms with Crippen LogP contribution in [0.2, 0.25) is 0 Å². The standard InChI is InChI=1S/C20H21FN4OS2/c1-12-7-8-15(9-13(12)2)14(3)22-18(26)11-27-20-25-24-19(28-20)23-17-6-4-5-16(21)10-17/h4-10,14H,11H2,1-3H3,(H,22,26)(H,23,24). The number of aryl methyl sites for hydroxylation is 2. The van der Waals surface area contributed by atoms with Crippen molar-refractivity contribution in [1.82, 2.24) is 15.5 Å². The number of nitrogens with zero attached hydrogens (tertiary/aromatic N) is 2. The molecule has 1 amide bonds. The van der Waals surface area contributed by atoms with Crippen molar-refractivity contribution in [3.63, 3.8) is 0 Å². The largest absolute Gasteiger partial charge is 0.349 e. The number of carbonyl (C=O) groups excluding carboxylic acids is 1. The summed E-state index contributed by atoms with van der Waals surface area (Å²) < 4.78 is 13.9. The number of benzene rings is 2. The van der Waals surface area contributed by atoms with E-state index < -0.39 is 0 Å². The maximum absolute atomic E-state index is 13.2. The lowest BCUT2D eigenvalue weighted by Crippen LogP contribution is -2.28. The molecule has 0 bridgehead atoms. The molecule has 0 aliphatic heterocycles. The van der Waals surface area contributed by atoms with Crippen molar-refractivity contribution >= 4 is 39.8 Å². The molecule has 2 aromatic carbocycles. The highest BCUT2D eigenvalue weighted by molar-refractivity contribution is 8.01. The highest BCUT2D eigenvalue weighted by atomic mass is 32.2. The van der Waals surface area contributed by atoms with E-state index in [1.807, 2.05) is 13.0 Å². The Morgan fingerprint density at radius 1 is 1.18 bits per heavy atom. The van der Waals surface area contributed by atoms with E-state index in [0.29, 0.717) is 15.2 Å². The first-order valence-corrected chi connectivity index (χ1v) is 10.6. The summed E-state index contributed by atoms with van der Waals surface area (Å²) in [6.45, 7) is 6.10. The van der Waals surface area contributed by atoms with Crippen LogP contribution >= 0.6 is 23.1 Å². The predicted octanol–water partition coefficient (Wildman–Crippen LogP) is 5.01. The second-order valence-corrected chi connectivity index (χ2v) is 8.63. The molecule has 1 unspecified atom stereocenters. The number of hydrogen-bond donors (Lipinski definition) is 2. The number of halogens is 1. The van der Waals surface area contributed by atoms with Crippen LogP contribution in [0.3, 0.4) is 0 Å². The predicted molar refractivity (Wildman–Crippen MR) is 113 cm³/mol. The van der Waals surface area contributed by atoms with Crippen LogP contribution in [-0.4, -0.2) is 21.9 Å². The van der Waals surface area contributed by atoms with Crippen LogP contribution in [-0.2, 0) is 4.79 Å². The van der Waals surface area contributed by atoms with Gasteiger partial charge in [-0.1, -0.05) is 47.4 Å². The Labute approximate surface area is 171 Å². The Morgan fingerprint density at radius 2 is 2.00 bits per heavy atom. The van der Waals surface area contributed by atoms with Gasteiger partial charge in [-0.2, -0.15) is 0 Å². The average Bonchev–Trinajstić information content (AvgIpc) is 3.09. The van der Waals surface area contributed by atoms with Crippen LogP contribution in [0.1, 0.15) is 29.7 Å². The van der Waals surface area contributed by atoms with Crippen molar-refractivity contribution in [1.29, 1.82) is 0 Å². The first-order chi connectivity index (χ1) is 13.4. The van der Waals surface area contributed by atoms with Gasteiger partial charge in [-0.3, -0.25) is 4.79 Å². The molecule has 0 aliphatic rings. The molecule has 0 saturated heterocycles. The van der Waals surface area contributed by atoms with Gasteiger partial charge in [0.1, 0.15) is 5.82 Å². The fraction of sp³-hybridized carbons (Fsp3) is 0.250. The van der Waals surface area contributed by atoms with Crippen LogP contribution in [0.4, 0.5) is 15.2 Å². The fourth-order valence-corrected chi connectivity index (χ4v) is 4.12. The summed E-state index contributed by atoms with van der Waals surface area (Å²) in [5, 5.41) is 14.7. The highest BCUT2D eigenvalue weighted by Crippen LogP contribution is 2.28. The molecular weight excluding hydrogens is 395 g/mol. The maximum atomic E-state index is 13.2. The Hall–Kier alpha value is -2.45. The third kappa shape index (κ3) is 5.53. The molecule has 3 rings (SSSR count). The number of amides is 1. The van der Waals surface area contributed by atoms with Crippen LogP contribution in [0.25, 0.3) is 0 Å². The Balaban J connectivity index is 1.50. The van der Waals surface area contributed by atoms with Gasteiger partial charge in [0.2, 0.25) is 11.0 Å². The second-order valence-electron chi connectivity index (χ2n) is 6.43. The zero-order valence-electron chi connectivity index (χ0n) is 15.8. The van der Waals surface area contributed by atoms with Gasteiger partial charge in [-0.15, -0.1) is 10.2 Å². The SMILES string of the molecule is Cc1ccc(C(C)NC(=O)CSc2nnc(Nc3cccc(F)c3)s2)cc1C. The van der Waals surface area contributed by atoms with Gasteiger partial charge >= 0.3 is 0 Å². The summed E-state index contributed by atoms with van der Waals surface area (Å²) in [6, 6.07) is 12.3. The minimum absolute atomic E-state index is 0.0629. The lowest BCUT2D eigenvalue weighted by atomic mass is 10.0. The third-order valence-electron chi connectivity index (χ3n) is 4.22. The van der Waals surface area contributed by atoms with E-state index in [-0.39, 0.29) is 23.5 Å². The van der Waals surface area contributed by atoms with Gasteiger partial charge < -0.3 is 10.6 Å². The first-order valence-electron chi connectivity index (χ1n) is 8.76. The lowest BCUT2D eigenvalue weighted by Gasteiger charge is -2.15. The zero-order chi connectivity index (χ0) is 20.1. The number of thioether (sulfide) groups is 1. The van der Waals surface area contributed by atoms with Crippen molar-refractivity contribution in [2.75, 3.05) is 11.1 Å². The Kier molecular flexibility index (Phi) is 6.64. The molecule has 1 aromatic heterocycles. The Bertz CT molecular complexity index is 976. The fourth-order valence-electron chi connectivity index (χ4n) is 2.54. The van der Waals surface area contributed by atoms with Gasteiger partial charge in [-0.25, -0.2) is 4.39 Å². The molecular formula is C20H21FN4OS2. The molecule has 3 aromatic rings. The topological polar surface area (TPSA) is 66.9 Å². The van der Waals surface area contributed by atoms with E-state index >= 15 is 0 Å². The molecule has 1 atom stereocenters. The van der Waals surface area contributed by atoms with Gasteiger partial charge in [0.25, 0.3) is 0 Å². The van der Waals surface area contributed by atoms with Gasteiger partial charge in [0.05, 0.1) is 11.8 Å². The van der Waals surface area contributed by atoms with Gasteiger partial charge in [0.15, 0.2) is 4.34 Å². The van der Waals surface area contributed by atoms with Crippen LogP contribution in [0, 0.1) is 19.7 Å². The number of aromatic nitrogens is 2. The molecule has 8 heteroatoms. The van der Waals surface area contributed by atoms with E-state index in [0.717, 1.165) is 5.56 Å². The molecule has 5 nitrogen and oxygen atoms in total. The molecule has 0 aliphatic carbocycles. The quantitative estimate of drug-likeness (QED) is 0.530. The second kappa shape index (κ2) is 9.16.